The van der Waals surface area contributed by atoms with Crippen LogP contribution in [0, 0.1) is 13.8 Å². The third-order valence-electron chi connectivity index (χ3n) is 6.27. The van der Waals surface area contributed by atoms with Crippen molar-refractivity contribution in [3.05, 3.63) is 88.9 Å². The predicted octanol–water partition coefficient (Wildman–Crippen LogP) is 5.98. The summed E-state index contributed by atoms with van der Waals surface area (Å²) in [7, 11) is 0. The Morgan fingerprint density at radius 1 is 0.973 bits per heavy atom. The molecule has 10 heteroatoms. The fourth-order valence-corrected chi connectivity index (χ4v) is 4.29. The van der Waals surface area contributed by atoms with Gasteiger partial charge in [0.05, 0.1) is 17.3 Å². The Bertz CT molecular complexity index is 1620. The number of nitrogens with zero attached hydrogens (tertiary/aromatic N) is 4. The van der Waals surface area contributed by atoms with Crippen LogP contribution in [0.25, 0.3) is 21.7 Å². The minimum atomic E-state index is -4.45. The zero-order valence-corrected chi connectivity index (χ0v) is 20.1. The van der Waals surface area contributed by atoms with E-state index >= 15 is 0 Å². The molecule has 188 valence electrons. The highest BCUT2D eigenvalue weighted by atomic mass is 19.4. The average Bonchev–Trinajstić information content (AvgIpc) is 2.87. The lowest BCUT2D eigenvalue weighted by atomic mass is 9.96. The van der Waals surface area contributed by atoms with Crippen molar-refractivity contribution < 1.29 is 17.9 Å². The monoisotopic (exact) mass is 504 g/mol. The van der Waals surface area contributed by atoms with Crippen molar-refractivity contribution in [3.8, 4) is 5.75 Å². The second kappa shape index (κ2) is 9.53. The van der Waals surface area contributed by atoms with Crippen molar-refractivity contribution in [1.82, 2.24) is 20.2 Å². The Kier molecular flexibility index (Phi) is 6.24. The van der Waals surface area contributed by atoms with Crippen LogP contribution >= 0.6 is 0 Å². The normalized spacial score (nSPS) is 11.7. The maximum Gasteiger partial charge on any atom is 0.417 e. The van der Waals surface area contributed by atoms with Crippen LogP contribution in [0.3, 0.4) is 0 Å². The lowest BCUT2D eigenvalue weighted by molar-refractivity contribution is -0.137. The van der Waals surface area contributed by atoms with Gasteiger partial charge in [-0.05, 0) is 71.8 Å². The smallest absolute Gasteiger partial charge is 0.417 e. The van der Waals surface area contributed by atoms with E-state index in [1.807, 2.05) is 26.0 Å². The van der Waals surface area contributed by atoms with E-state index in [9.17, 15) is 13.2 Å². The van der Waals surface area contributed by atoms with Gasteiger partial charge >= 0.3 is 6.18 Å². The van der Waals surface area contributed by atoms with E-state index in [-0.39, 0.29) is 6.61 Å². The van der Waals surface area contributed by atoms with Gasteiger partial charge < -0.3 is 15.8 Å². The van der Waals surface area contributed by atoms with Crippen LogP contribution in [0.1, 0.15) is 27.8 Å². The molecular formula is C27H23F3N6O. The van der Waals surface area contributed by atoms with Crippen LogP contribution in [-0.2, 0) is 19.3 Å². The summed E-state index contributed by atoms with van der Waals surface area (Å²) in [5, 5.41) is 13.8. The van der Waals surface area contributed by atoms with Crippen molar-refractivity contribution in [1.29, 1.82) is 0 Å². The molecule has 37 heavy (non-hydrogen) atoms. The van der Waals surface area contributed by atoms with Crippen molar-refractivity contribution in [2.45, 2.75) is 33.2 Å². The van der Waals surface area contributed by atoms with Crippen LogP contribution in [-0.4, -0.2) is 20.2 Å². The van der Waals surface area contributed by atoms with Crippen LogP contribution in [0.4, 0.5) is 24.8 Å². The molecule has 3 N–H and O–H groups in total. The Morgan fingerprint density at radius 2 is 1.81 bits per heavy atom. The molecule has 0 fully saturated rings. The van der Waals surface area contributed by atoms with Gasteiger partial charge in [0.25, 0.3) is 0 Å². The molecule has 7 nitrogen and oxygen atoms in total. The van der Waals surface area contributed by atoms with E-state index in [0.29, 0.717) is 40.4 Å². The Hall–Kier alpha value is -4.47. The van der Waals surface area contributed by atoms with E-state index in [1.54, 1.807) is 30.5 Å². The molecule has 0 aliphatic rings. The summed E-state index contributed by atoms with van der Waals surface area (Å²) in [6.07, 6.45) is -0.430. The molecular weight excluding hydrogens is 481 g/mol. The summed E-state index contributed by atoms with van der Waals surface area (Å²) in [6.45, 7) is 4.74. The minimum absolute atomic E-state index is 0.148. The Balaban J connectivity index is 1.29. The number of benzene rings is 2. The number of halogens is 3. The van der Waals surface area contributed by atoms with E-state index in [1.165, 1.54) is 6.20 Å². The SMILES string of the molecule is Cc1cc2c(N)nccc2c(C)c1CNc1cc(OCc2ccc3ncc(C(F)(F)F)cc3c2)cnn1. The second-order valence-electron chi connectivity index (χ2n) is 8.76. The minimum Gasteiger partial charge on any atom is -0.487 e. The predicted molar refractivity (Wildman–Crippen MR) is 136 cm³/mol. The largest absolute Gasteiger partial charge is 0.487 e. The molecule has 0 unspecified atom stereocenters. The molecule has 0 saturated heterocycles. The van der Waals surface area contributed by atoms with Crippen LogP contribution in [0.15, 0.2) is 61.1 Å². The maximum atomic E-state index is 13.0. The van der Waals surface area contributed by atoms with Crippen LogP contribution < -0.4 is 15.8 Å². The molecule has 3 heterocycles. The number of nitrogens with two attached hydrogens (primary N) is 1. The molecule has 0 aliphatic carbocycles. The highest BCUT2D eigenvalue weighted by molar-refractivity contribution is 5.94. The summed E-state index contributed by atoms with van der Waals surface area (Å²) in [5.41, 5.74) is 9.74. The summed E-state index contributed by atoms with van der Waals surface area (Å²) < 4.78 is 44.9. The van der Waals surface area contributed by atoms with Gasteiger partial charge in [0.1, 0.15) is 18.2 Å². The molecule has 0 radical (unpaired) electrons. The molecule has 2 aromatic carbocycles. The van der Waals surface area contributed by atoms with Crippen molar-refractivity contribution in [3.63, 3.8) is 0 Å². The molecule has 0 bridgehead atoms. The lowest BCUT2D eigenvalue weighted by Crippen LogP contribution is -2.07. The zero-order chi connectivity index (χ0) is 26.2. The highest BCUT2D eigenvalue weighted by Gasteiger charge is 2.31. The van der Waals surface area contributed by atoms with Crippen molar-refractivity contribution >= 4 is 33.3 Å². The number of aromatic nitrogens is 4. The fourth-order valence-electron chi connectivity index (χ4n) is 4.29. The number of alkyl halides is 3. The number of nitrogens with one attached hydrogen (secondary N) is 1. The standard InChI is InChI=1S/C27H23F3N6O/c1-15-7-22-21(5-6-32-26(22)31)16(2)23(15)13-34-25-10-20(12-35-36-25)37-14-17-3-4-24-18(8-17)9-19(11-33-24)27(28,29)30/h3-12H,13-14H2,1-2H3,(H2,31,32)(H,34,36). The summed E-state index contributed by atoms with van der Waals surface area (Å²) in [4.78, 5) is 8.07. The van der Waals surface area contributed by atoms with Gasteiger partial charge in [-0.25, -0.2) is 4.98 Å². The molecule has 0 spiro atoms. The van der Waals surface area contributed by atoms with Gasteiger partial charge in [0.15, 0.2) is 5.82 Å². The number of hydrogen-bond donors (Lipinski definition) is 2. The summed E-state index contributed by atoms with van der Waals surface area (Å²) in [5.74, 6) is 1.51. The first kappa shape index (κ1) is 24.2. The number of rotatable bonds is 6. The fraction of sp³-hybridized carbons (Fsp3) is 0.185. The van der Waals surface area contributed by atoms with E-state index in [2.05, 4.69) is 25.5 Å². The first-order chi connectivity index (χ1) is 17.7. The van der Waals surface area contributed by atoms with Crippen molar-refractivity contribution in [2.75, 3.05) is 11.1 Å². The van der Waals surface area contributed by atoms with Gasteiger partial charge in [-0.1, -0.05) is 6.07 Å². The molecule has 5 rings (SSSR count). The molecule has 5 aromatic rings. The third-order valence-corrected chi connectivity index (χ3v) is 6.27. The number of ether oxygens (including phenoxy) is 1. The van der Waals surface area contributed by atoms with Gasteiger partial charge in [-0.15, -0.1) is 5.10 Å². The quantitative estimate of drug-likeness (QED) is 0.293. The Morgan fingerprint density at radius 3 is 2.62 bits per heavy atom. The van der Waals surface area contributed by atoms with Gasteiger partial charge in [-0.2, -0.15) is 18.3 Å². The number of hydrogen-bond acceptors (Lipinski definition) is 7. The zero-order valence-electron chi connectivity index (χ0n) is 20.1. The molecule has 3 aromatic heterocycles. The van der Waals surface area contributed by atoms with E-state index < -0.39 is 11.7 Å². The van der Waals surface area contributed by atoms with Crippen molar-refractivity contribution in [2.24, 2.45) is 0 Å². The molecule has 0 saturated carbocycles. The molecule has 0 aliphatic heterocycles. The Labute approximate surface area is 210 Å². The average molecular weight is 505 g/mol. The van der Waals surface area contributed by atoms with E-state index in [0.717, 1.165) is 39.7 Å². The number of aryl methyl sites for hydroxylation is 2. The molecule has 0 amide bonds. The van der Waals surface area contributed by atoms with Gasteiger partial charge in [-0.3, -0.25) is 4.98 Å². The lowest BCUT2D eigenvalue weighted by Gasteiger charge is -2.15. The van der Waals surface area contributed by atoms with Gasteiger partial charge in [0, 0.05) is 35.8 Å². The first-order valence-electron chi connectivity index (χ1n) is 11.5. The summed E-state index contributed by atoms with van der Waals surface area (Å²) >= 11 is 0. The van der Waals surface area contributed by atoms with E-state index in [4.69, 9.17) is 10.5 Å². The van der Waals surface area contributed by atoms with Gasteiger partial charge in [0.2, 0.25) is 0 Å². The first-order valence-corrected chi connectivity index (χ1v) is 11.5. The number of fused-ring (bicyclic) bond motifs is 2. The third kappa shape index (κ3) is 5.09. The second-order valence-corrected chi connectivity index (χ2v) is 8.76. The molecule has 0 atom stereocenters. The number of nitrogen functional groups attached to an aromatic ring is 1. The maximum absolute atomic E-state index is 13.0. The van der Waals surface area contributed by atoms with Crippen LogP contribution in [0.2, 0.25) is 0 Å². The summed E-state index contributed by atoms with van der Waals surface area (Å²) in [6, 6.07) is 11.9. The highest BCUT2D eigenvalue weighted by Crippen LogP contribution is 2.31. The number of pyridine rings is 2. The number of anilines is 2. The topological polar surface area (TPSA) is 98.8 Å². The van der Waals surface area contributed by atoms with Crippen LogP contribution in [0.5, 0.6) is 5.75 Å².